The Labute approximate surface area is 125 Å². The van der Waals surface area contributed by atoms with Gasteiger partial charge in [-0.15, -0.1) is 0 Å². The van der Waals surface area contributed by atoms with Crippen molar-refractivity contribution < 1.29 is 4.39 Å². The summed E-state index contributed by atoms with van der Waals surface area (Å²) in [6.07, 6.45) is 2.50. The first-order valence-electron chi connectivity index (χ1n) is 7.94. The highest BCUT2D eigenvalue weighted by Gasteiger charge is 2.29. The molecule has 1 unspecified atom stereocenters. The summed E-state index contributed by atoms with van der Waals surface area (Å²) in [7, 11) is 0. The van der Waals surface area contributed by atoms with Gasteiger partial charge in [-0.3, -0.25) is 4.90 Å². The molecular formula is C17H24FN3. The summed E-state index contributed by atoms with van der Waals surface area (Å²) in [6, 6.07) is 5.04. The lowest BCUT2D eigenvalue weighted by Gasteiger charge is -2.37. The second-order valence-electron chi connectivity index (χ2n) is 6.69. The summed E-state index contributed by atoms with van der Waals surface area (Å²) >= 11 is 0. The highest BCUT2D eigenvalue weighted by Crippen LogP contribution is 2.31. The van der Waals surface area contributed by atoms with Crippen molar-refractivity contribution in [2.75, 3.05) is 13.1 Å². The van der Waals surface area contributed by atoms with Crippen LogP contribution >= 0.6 is 0 Å². The fourth-order valence-electron chi connectivity index (χ4n) is 3.36. The predicted molar refractivity (Wildman–Crippen MR) is 83.6 cm³/mol. The van der Waals surface area contributed by atoms with Gasteiger partial charge in [0.1, 0.15) is 11.6 Å². The van der Waals surface area contributed by atoms with E-state index >= 15 is 0 Å². The standard InChI is InChI=1S/C17H24FN3/c1-11(2)16(21-8-6-12(3)7-9-21)17-19-14-5-4-13(18)10-15(14)20-17/h4-5,10-12,16H,6-9H2,1-3H3,(H,19,20). The molecule has 114 valence electrons. The van der Waals surface area contributed by atoms with E-state index in [1.54, 1.807) is 6.07 Å². The Kier molecular flexibility index (Phi) is 3.98. The van der Waals surface area contributed by atoms with Gasteiger partial charge in [-0.2, -0.15) is 0 Å². The molecule has 0 bridgehead atoms. The van der Waals surface area contributed by atoms with Crippen LogP contribution in [0.5, 0.6) is 0 Å². The number of nitrogens with one attached hydrogen (secondary N) is 1. The number of imidazole rings is 1. The Balaban J connectivity index is 1.91. The maximum Gasteiger partial charge on any atom is 0.125 e. The first-order valence-corrected chi connectivity index (χ1v) is 7.94. The van der Waals surface area contributed by atoms with Gasteiger partial charge in [-0.1, -0.05) is 20.8 Å². The fraction of sp³-hybridized carbons (Fsp3) is 0.588. The summed E-state index contributed by atoms with van der Waals surface area (Å²) in [5, 5.41) is 0. The number of piperidine rings is 1. The van der Waals surface area contributed by atoms with Crippen LogP contribution in [0.25, 0.3) is 11.0 Å². The normalized spacial score (nSPS) is 19.5. The van der Waals surface area contributed by atoms with E-state index in [2.05, 4.69) is 30.7 Å². The lowest BCUT2D eigenvalue weighted by Crippen LogP contribution is -2.38. The third kappa shape index (κ3) is 2.95. The highest BCUT2D eigenvalue weighted by molar-refractivity contribution is 5.75. The zero-order valence-corrected chi connectivity index (χ0v) is 13.1. The van der Waals surface area contributed by atoms with Gasteiger partial charge in [0.25, 0.3) is 0 Å². The lowest BCUT2D eigenvalue weighted by molar-refractivity contribution is 0.103. The molecule has 1 saturated heterocycles. The molecule has 3 rings (SSSR count). The molecule has 0 saturated carbocycles. The van der Waals surface area contributed by atoms with Crippen LogP contribution in [0, 0.1) is 17.7 Å². The van der Waals surface area contributed by atoms with Gasteiger partial charge in [-0.05, 0) is 56.0 Å². The molecule has 1 N–H and O–H groups in total. The number of benzene rings is 1. The lowest BCUT2D eigenvalue weighted by atomic mass is 9.94. The molecule has 0 aliphatic carbocycles. The topological polar surface area (TPSA) is 31.9 Å². The number of fused-ring (bicyclic) bond motifs is 1. The summed E-state index contributed by atoms with van der Waals surface area (Å²) in [5.41, 5.74) is 1.64. The molecular weight excluding hydrogens is 265 g/mol. The first kappa shape index (κ1) is 14.5. The Morgan fingerprint density at radius 3 is 2.67 bits per heavy atom. The van der Waals surface area contributed by atoms with Crippen molar-refractivity contribution in [3.05, 3.63) is 29.8 Å². The van der Waals surface area contributed by atoms with Crippen LogP contribution in [-0.4, -0.2) is 28.0 Å². The summed E-state index contributed by atoms with van der Waals surface area (Å²) in [6.45, 7) is 9.03. The van der Waals surface area contributed by atoms with Crippen molar-refractivity contribution in [2.24, 2.45) is 11.8 Å². The maximum absolute atomic E-state index is 13.3. The van der Waals surface area contributed by atoms with E-state index in [1.165, 1.54) is 25.0 Å². The molecule has 3 nitrogen and oxygen atoms in total. The average molecular weight is 289 g/mol. The molecule has 2 heterocycles. The smallest absolute Gasteiger partial charge is 0.125 e. The zero-order valence-electron chi connectivity index (χ0n) is 13.1. The zero-order chi connectivity index (χ0) is 15.0. The SMILES string of the molecule is CC1CCN(C(c2nc3ccc(F)cc3[nH]2)C(C)C)CC1. The van der Waals surface area contributed by atoms with E-state index in [-0.39, 0.29) is 11.9 Å². The molecule has 21 heavy (non-hydrogen) atoms. The van der Waals surface area contributed by atoms with Gasteiger partial charge < -0.3 is 4.98 Å². The van der Waals surface area contributed by atoms with Crippen LogP contribution < -0.4 is 0 Å². The Morgan fingerprint density at radius 1 is 1.29 bits per heavy atom. The number of hydrogen-bond acceptors (Lipinski definition) is 2. The van der Waals surface area contributed by atoms with E-state index < -0.39 is 0 Å². The van der Waals surface area contributed by atoms with Gasteiger partial charge >= 0.3 is 0 Å². The molecule has 1 aromatic heterocycles. The minimum absolute atomic E-state index is 0.217. The number of rotatable bonds is 3. The van der Waals surface area contributed by atoms with Crippen LogP contribution in [0.2, 0.25) is 0 Å². The number of likely N-dealkylation sites (tertiary alicyclic amines) is 1. The Bertz CT molecular complexity index is 612. The number of H-pyrrole nitrogens is 1. The van der Waals surface area contributed by atoms with Gasteiger partial charge in [0.05, 0.1) is 17.1 Å². The van der Waals surface area contributed by atoms with Crippen molar-refractivity contribution in [1.82, 2.24) is 14.9 Å². The summed E-state index contributed by atoms with van der Waals surface area (Å²) < 4.78 is 13.3. The molecule has 1 aromatic carbocycles. The minimum Gasteiger partial charge on any atom is -0.341 e. The molecule has 0 amide bonds. The predicted octanol–water partition coefficient (Wildman–Crippen LogP) is 4.13. The second kappa shape index (κ2) is 5.76. The van der Waals surface area contributed by atoms with Crippen LogP contribution in [0.4, 0.5) is 4.39 Å². The summed E-state index contributed by atoms with van der Waals surface area (Å²) in [5.74, 6) is 2.05. The molecule has 1 fully saturated rings. The van der Waals surface area contributed by atoms with E-state index in [0.29, 0.717) is 5.92 Å². The third-order valence-electron chi connectivity index (χ3n) is 4.59. The van der Waals surface area contributed by atoms with Crippen molar-refractivity contribution in [2.45, 2.75) is 39.7 Å². The second-order valence-corrected chi connectivity index (χ2v) is 6.69. The minimum atomic E-state index is -0.217. The van der Waals surface area contributed by atoms with Gasteiger partial charge in [0.2, 0.25) is 0 Å². The van der Waals surface area contributed by atoms with Crippen LogP contribution in [0.15, 0.2) is 18.2 Å². The first-order chi connectivity index (χ1) is 10.0. The van der Waals surface area contributed by atoms with Crippen LogP contribution in [0.3, 0.4) is 0 Å². The van der Waals surface area contributed by atoms with Crippen LogP contribution in [-0.2, 0) is 0 Å². The third-order valence-corrected chi connectivity index (χ3v) is 4.59. The number of hydrogen-bond donors (Lipinski definition) is 1. The molecule has 1 aliphatic rings. The van der Waals surface area contributed by atoms with Crippen molar-refractivity contribution in [3.63, 3.8) is 0 Å². The number of halogens is 1. The van der Waals surface area contributed by atoms with Gasteiger partial charge in [0, 0.05) is 0 Å². The number of aromatic amines is 1. The molecule has 0 radical (unpaired) electrons. The quantitative estimate of drug-likeness (QED) is 0.921. The number of aromatic nitrogens is 2. The van der Waals surface area contributed by atoms with Gasteiger partial charge in [-0.25, -0.2) is 9.37 Å². The van der Waals surface area contributed by atoms with Crippen molar-refractivity contribution in [1.29, 1.82) is 0 Å². The van der Waals surface area contributed by atoms with E-state index in [1.807, 2.05) is 0 Å². The molecule has 4 heteroatoms. The monoisotopic (exact) mass is 289 g/mol. The Hall–Kier alpha value is -1.42. The molecule has 0 spiro atoms. The van der Waals surface area contributed by atoms with E-state index in [4.69, 9.17) is 4.98 Å². The highest BCUT2D eigenvalue weighted by atomic mass is 19.1. The number of nitrogens with zero attached hydrogens (tertiary/aromatic N) is 2. The molecule has 1 aliphatic heterocycles. The molecule has 1 atom stereocenters. The largest absolute Gasteiger partial charge is 0.341 e. The summed E-state index contributed by atoms with van der Waals surface area (Å²) in [4.78, 5) is 10.6. The van der Waals surface area contributed by atoms with Gasteiger partial charge in [0.15, 0.2) is 0 Å². The average Bonchev–Trinajstić information content (AvgIpc) is 2.83. The maximum atomic E-state index is 13.3. The molecule has 2 aromatic rings. The van der Waals surface area contributed by atoms with Crippen LogP contribution in [0.1, 0.15) is 45.5 Å². The van der Waals surface area contributed by atoms with E-state index in [9.17, 15) is 4.39 Å². The van der Waals surface area contributed by atoms with E-state index in [0.717, 1.165) is 35.9 Å². The fourth-order valence-corrected chi connectivity index (χ4v) is 3.36. The van der Waals surface area contributed by atoms with Crippen molar-refractivity contribution in [3.8, 4) is 0 Å². The van der Waals surface area contributed by atoms with Crippen molar-refractivity contribution >= 4 is 11.0 Å². The Morgan fingerprint density at radius 2 is 2.00 bits per heavy atom.